The molecule has 5 nitrogen and oxygen atoms in total. The lowest BCUT2D eigenvalue weighted by Crippen LogP contribution is -2.32. The standard InChI is InChI=1S/C14H9F9N4O/c1-2-27-10(28)9(14(21,22)23)25-26-11(27)24-8-5-6(12(15,16)17)3-4-7(8)13(18,19)20/h3-5H,2H2,1H3,(H,24,26). The van der Waals surface area contributed by atoms with E-state index in [9.17, 15) is 44.3 Å². The summed E-state index contributed by atoms with van der Waals surface area (Å²) >= 11 is 0. The van der Waals surface area contributed by atoms with Crippen LogP contribution in [0.5, 0.6) is 0 Å². The molecule has 0 amide bonds. The zero-order valence-electron chi connectivity index (χ0n) is 13.6. The number of halogens is 9. The van der Waals surface area contributed by atoms with E-state index in [0.717, 1.165) is 0 Å². The van der Waals surface area contributed by atoms with E-state index in [1.54, 1.807) is 0 Å². The van der Waals surface area contributed by atoms with Crippen molar-refractivity contribution in [1.29, 1.82) is 0 Å². The molecule has 0 atom stereocenters. The highest BCUT2D eigenvalue weighted by Crippen LogP contribution is 2.39. The molecular weight excluding hydrogens is 411 g/mol. The van der Waals surface area contributed by atoms with Gasteiger partial charge in [-0.25, -0.2) is 0 Å². The van der Waals surface area contributed by atoms with E-state index < -0.39 is 59.1 Å². The third-order valence-electron chi connectivity index (χ3n) is 3.43. The summed E-state index contributed by atoms with van der Waals surface area (Å²) in [5.74, 6) is -0.884. The fraction of sp³-hybridized carbons (Fsp3) is 0.357. The third-order valence-corrected chi connectivity index (χ3v) is 3.43. The van der Waals surface area contributed by atoms with Gasteiger partial charge in [-0.3, -0.25) is 9.36 Å². The van der Waals surface area contributed by atoms with E-state index in [1.165, 1.54) is 6.92 Å². The van der Waals surface area contributed by atoms with Gasteiger partial charge in [-0.1, -0.05) is 0 Å². The van der Waals surface area contributed by atoms with E-state index in [0.29, 0.717) is 4.57 Å². The largest absolute Gasteiger partial charge is 0.440 e. The Morgan fingerprint density at radius 1 is 0.929 bits per heavy atom. The monoisotopic (exact) mass is 420 g/mol. The minimum absolute atomic E-state index is 0.104. The van der Waals surface area contributed by atoms with Crippen molar-refractivity contribution in [1.82, 2.24) is 14.8 Å². The lowest BCUT2D eigenvalue weighted by atomic mass is 10.1. The molecule has 2 aromatic rings. The molecule has 0 aliphatic rings. The first-order valence-electron chi connectivity index (χ1n) is 7.26. The molecule has 0 fully saturated rings. The first-order chi connectivity index (χ1) is 12.7. The van der Waals surface area contributed by atoms with Gasteiger partial charge in [-0.15, -0.1) is 10.2 Å². The molecule has 0 bridgehead atoms. The molecule has 2 rings (SSSR count). The van der Waals surface area contributed by atoms with Crippen LogP contribution in [-0.2, 0) is 25.1 Å². The summed E-state index contributed by atoms with van der Waals surface area (Å²) in [7, 11) is 0. The Morgan fingerprint density at radius 3 is 2.00 bits per heavy atom. The topological polar surface area (TPSA) is 59.8 Å². The number of nitrogens with one attached hydrogen (secondary N) is 1. The summed E-state index contributed by atoms with van der Waals surface area (Å²) in [4.78, 5) is 11.9. The van der Waals surface area contributed by atoms with Gasteiger partial charge in [0, 0.05) is 6.54 Å². The van der Waals surface area contributed by atoms with Gasteiger partial charge in [0.15, 0.2) is 0 Å². The van der Waals surface area contributed by atoms with Gasteiger partial charge in [-0.05, 0) is 25.1 Å². The van der Waals surface area contributed by atoms with Gasteiger partial charge in [-0.2, -0.15) is 39.5 Å². The van der Waals surface area contributed by atoms with Crippen molar-refractivity contribution in [2.45, 2.75) is 32.0 Å². The predicted molar refractivity (Wildman–Crippen MR) is 76.7 cm³/mol. The molecule has 28 heavy (non-hydrogen) atoms. The zero-order valence-corrected chi connectivity index (χ0v) is 13.6. The number of aromatic nitrogens is 3. The average molecular weight is 420 g/mol. The number of alkyl halides is 9. The Morgan fingerprint density at radius 2 is 1.54 bits per heavy atom. The molecule has 0 spiro atoms. The molecule has 0 radical (unpaired) electrons. The van der Waals surface area contributed by atoms with Crippen LogP contribution in [0.15, 0.2) is 23.0 Å². The molecule has 1 heterocycles. The van der Waals surface area contributed by atoms with Crippen molar-refractivity contribution in [3.63, 3.8) is 0 Å². The highest BCUT2D eigenvalue weighted by molar-refractivity contribution is 5.61. The van der Waals surface area contributed by atoms with Crippen LogP contribution in [0.2, 0.25) is 0 Å². The van der Waals surface area contributed by atoms with Gasteiger partial charge in [0.1, 0.15) is 0 Å². The SMILES string of the molecule is CCn1c(Nc2cc(C(F)(F)F)ccc2C(F)(F)F)nnc(C(F)(F)F)c1=O. The molecule has 1 N–H and O–H groups in total. The minimum Gasteiger partial charge on any atom is -0.324 e. The quantitative estimate of drug-likeness (QED) is 0.746. The first kappa shape index (κ1) is 21.5. The fourth-order valence-corrected chi connectivity index (χ4v) is 2.17. The summed E-state index contributed by atoms with van der Waals surface area (Å²) in [6.07, 6.45) is -15.3. The number of rotatable bonds is 3. The highest BCUT2D eigenvalue weighted by atomic mass is 19.4. The maximum absolute atomic E-state index is 13.1. The molecule has 0 aliphatic carbocycles. The van der Waals surface area contributed by atoms with Crippen molar-refractivity contribution in [3.05, 3.63) is 45.4 Å². The van der Waals surface area contributed by atoms with Crippen LogP contribution >= 0.6 is 0 Å². The summed E-state index contributed by atoms with van der Waals surface area (Å²) in [6.45, 7) is 0.714. The van der Waals surface area contributed by atoms with Crippen LogP contribution in [0, 0.1) is 0 Å². The number of nitrogens with zero attached hydrogens (tertiary/aromatic N) is 3. The molecule has 154 valence electrons. The summed E-state index contributed by atoms with van der Waals surface area (Å²) < 4.78 is 116. The fourth-order valence-electron chi connectivity index (χ4n) is 2.17. The molecular formula is C14H9F9N4O. The molecule has 0 aliphatic heterocycles. The second-order valence-corrected chi connectivity index (χ2v) is 5.30. The molecule has 0 saturated carbocycles. The maximum Gasteiger partial charge on any atom is 0.440 e. The number of hydrogen-bond donors (Lipinski definition) is 1. The van der Waals surface area contributed by atoms with Crippen molar-refractivity contribution >= 4 is 11.6 Å². The Hall–Kier alpha value is -2.80. The van der Waals surface area contributed by atoms with Crippen molar-refractivity contribution < 1.29 is 39.5 Å². The Kier molecular flexibility index (Phi) is 5.36. The van der Waals surface area contributed by atoms with Crippen LogP contribution in [-0.4, -0.2) is 14.8 Å². The van der Waals surface area contributed by atoms with Crippen LogP contribution in [0.4, 0.5) is 51.1 Å². The number of hydrogen-bond acceptors (Lipinski definition) is 4. The van der Waals surface area contributed by atoms with Gasteiger partial charge in [0.25, 0.3) is 5.56 Å². The molecule has 0 unspecified atom stereocenters. The van der Waals surface area contributed by atoms with E-state index in [1.807, 2.05) is 5.32 Å². The first-order valence-corrected chi connectivity index (χ1v) is 7.26. The van der Waals surface area contributed by atoms with Crippen molar-refractivity contribution in [2.75, 3.05) is 5.32 Å². The van der Waals surface area contributed by atoms with Crippen LogP contribution in [0.3, 0.4) is 0 Å². The third kappa shape index (κ3) is 4.36. The Labute approximate surface area is 149 Å². The Bertz CT molecular complexity index is 928. The normalized spacial score (nSPS) is 12.9. The van der Waals surface area contributed by atoms with Crippen LogP contribution in [0.1, 0.15) is 23.7 Å². The lowest BCUT2D eigenvalue weighted by molar-refractivity contribution is -0.143. The van der Waals surface area contributed by atoms with Crippen LogP contribution in [0.25, 0.3) is 0 Å². The van der Waals surface area contributed by atoms with E-state index >= 15 is 0 Å². The highest BCUT2D eigenvalue weighted by Gasteiger charge is 2.39. The molecule has 14 heteroatoms. The van der Waals surface area contributed by atoms with E-state index in [4.69, 9.17) is 0 Å². The average Bonchev–Trinajstić information content (AvgIpc) is 2.52. The number of anilines is 2. The second-order valence-electron chi connectivity index (χ2n) is 5.30. The van der Waals surface area contributed by atoms with Crippen LogP contribution < -0.4 is 10.9 Å². The van der Waals surface area contributed by atoms with E-state index in [2.05, 4.69) is 10.2 Å². The van der Waals surface area contributed by atoms with Gasteiger partial charge >= 0.3 is 18.5 Å². The maximum atomic E-state index is 13.1. The zero-order chi connectivity index (χ0) is 21.5. The summed E-state index contributed by atoms with van der Waals surface area (Å²) in [6, 6.07) is 0.447. The van der Waals surface area contributed by atoms with Crippen molar-refractivity contribution in [2.24, 2.45) is 0 Å². The van der Waals surface area contributed by atoms with Crippen molar-refractivity contribution in [3.8, 4) is 0 Å². The van der Waals surface area contributed by atoms with Gasteiger partial charge < -0.3 is 5.32 Å². The smallest absolute Gasteiger partial charge is 0.324 e. The molecule has 1 aromatic carbocycles. The summed E-state index contributed by atoms with van der Waals surface area (Å²) in [5.41, 5.74) is -7.78. The van der Waals surface area contributed by atoms with Gasteiger partial charge in [0.05, 0.1) is 16.8 Å². The minimum atomic E-state index is -5.17. The van der Waals surface area contributed by atoms with Gasteiger partial charge in [0.2, 0.25) is 11.6 Å². The predicted octanol–water partition coefficient (Wildman–Crippen LogP) is 4.46. The molecule has 0 saturated heterocycles. The molecule has 1 aromatic heterocycles. The second kappa shape index (κ2) is 6.98. The Balaban J connectivity index is 2.64. The number of benzene rings is 1. The lowest BCUT2D eigenvalue weighted by Gasteiger charge is -2.18. The summed E-state index contributed by atoms with van der Waals surface area (Å²) in [5, 5.41) is 7.50. The van der Waals surface area contributed by atoms with E-state index in [-0.39, 0.29) is 18.2 Å².